The van der Waals surface area contributed by atoms with Gasteiger partial charge in [-0.2, -0.15) is 0 Å². The third-order valence-electron chi connectivity index (χ3n) is 2.73. The lowest BCUT2D eigenvalue weighted by Gasteiger charge is -2.06. The number of nitrogens with zero attached hydrogens (tertiary/aromatic N) is 2. The van der Waals surface area contributed by atoms with Crippen LogP contribution in [0.4, 0.5) is 0 Å². The first-order valence-electron chi connectivity index (χ1n) is 6.17. The number of benzene rings is 1. The molecule has 2 rings (SSSR count). The Balaban J connectivity index is 2.13. The van der Waals surface area contributed by atoms with Gasteiger partial charge in [-0.05, 0) is 18.4 Å². The molecule has 0 fully saturated rings. The molecule has 4 nitrogen and oxygen atoms in total. The number of fused-ring (bicyclic) bond motifs is 1. The van der Waals surface area contributed by atoms with Crippen LogP contribution >= 0.6 is 0 Å². The van der Waals surface area contributed by atoms with E-state index in [1.807, 2.05) is 31.2 Å². The van der Waals surface area contributed by atoms with Gasteiger partial charge in [0.15, 0.2) is 5.96 Å². The van der Waals surface area contributed by atoms with Crippen LogP contribution < -0.4 is 11.1 Å². The summed E-state index contributed by atoms with van der Waals surface area (Å²) in [5.41, 5.74) is 7.73. The molecule has 0 saturated carbocycles. The zero-order valence-corrected chi connectivity index (χ0v) is 11.1. The molecule has 0 unspecified atom stereocenters. The maximum atomic E-state index is 5.78. The molecule has 0 saturated heterocycles. The smallest absolute Gasteiger partial charge is 0.189 e. The second-order valence-electron chi connectivity index (χ2n) is 4.49. The highest BCUT2D eigenvalue weighted by atomic mass is 15.1. The molecule has 0 amide bonds. The summed E-state index contributed by atoms with van der Waals surface area (Å²) in [5, 5.41) is 5.28. The van der Waals surface area contributed by atoms with E-state index in [1.54, 1.807) is 6.20 Å². The number of hydrogen-bond acceptors (Lipinski definition) is 2. The van der Waals surface area contributed by atoms with Gasteiger partial charge >= 0.3 is 0 Å². The lowest BCUT2D eigenvalue weighted by molar-refractivity contribution is 0.928. The fourth-order valence-electron chi connectivity index (χ4n) is 1.77. The summed E-state index contributed by atoms with van der Waals surface area (Å²) in [6, 6.07) is 10.1. The summed E-state index contributed by atoms with van der Waals surface area (Å²) in [6.07, 6.45) is 1.80. The first-order chi connectivity index (χ1) is 9.16. The van der Waals surface area contributed by atoms with Gasteiger partial charge in [0.25, 0.3) is 0 Å². The Hall–Kier alpha value is -2.36. The van der Waals surface area contributed by atoms with Gasteiger partial charge in [0, 0.05) is 18.1 Å². The molecule has 1 heterocycles. The molecule has 0 aliphatic heterocycles. The van der Waals surface area contributed by atoms with Crippen LogP contribution in [0.25, 0.3) is 10.8 Å². The van der Waals surface area contributed by atoms with Crippen LogP contribution in [0, 0.1) is 0 Å². The van der Waals surface area contributed by atoms with Crippen LogP contribution in [0.15, 0.2) is 53.7 Å². The molecule has 1 aromatic heterocycles. The maximum Gasteiger partial charge on any atom is 0.189 e. The predicted octanol–water partition coefficient (Wildman–Crippen LogP) is 2.22. The molecule has 0 bridgehead atoms. The Bertz CT molecular complexity index is 611. The Labute approximate surface area is 113 Å². The van der Waals surface area contributed by atoms with Crippen LogP contribution in [0.2, 0.25) is 0 Å². The zero-order chi connectivity index (χ0) is 13.7. The average molecular weight is 254 g/mol. The van der Waals surface area contributed by atoms with E-state index in [-0.39, 0.29) is 0 Å². The molecular weight excluding hydrogens is 236 g/mol. The quantitative estimate of drug-likeness (QED) is 0.499. The van der Waals surface area contributed by atoms with Crippen LogP contribution in [-0.4, -0.2) is 17.5 Å². The molecule has 0 radical (unpaired) electrons. The summed E-state index contributed by atoms with van der Waals surface area (Å²) < 4.78 is 0. The Morgan fingerprint density at radius 3 is 2.95 bits per heavy atom. The van der Waals surface area contributed by atoms with Crippen molar-refractivity contribution < 1.29 is 0 Å². The molecule has 0 spiro atoms. The average Bonchev–Trinajstić information content (AvgIpc) is 2.42. The molecule has 4 heteroatoms. The molecule has 0 aliphatic carbocycles. The Kier molecular flexibility index (Phi) is 4.13. The monoisotopic (exact) mass is 254 g/mol. The first-order valence-corrected chi connectivity index (χ1v) is 6.17. The number of rotatable bonds is 4. The van der Waals surface area contributed by atoms with Crippen molar-refractivity contribution in [2.75, 3.05) is 6.54 Å². The van der Waals surface area contributed by atoms with Crippen molar-refractivity contribution in [1.29, 1.82) is 0 Å². The number of hydrogen-bond donors (Lipinski definition) is 2. The van der Waals surface area contributed by atoms with E-state index in [0.29, 0.717) is 19.0 Å². The maximum absolute atomic E-state index is 5.78. The lowest BCUT2D eigenvalue weighted by atomic mass is 10.1. The van der Waals surface area contributed by atoms with Crippen LogP contribution in [0.3, 0.4) is 0 Å². The molecule has 19 heavy (non-hydrogen) atoms. The summed E-state index contributed by atoms with van der Waals surface area (Å²) in [7, 11) is 0. The standard InChI is InChI=1S/C15H18N4/c1-11(2)9-18-15(16)19-10-14-13-6-4-3-5-12(13)7-8-17-14/h3-8H,1,9-10H2,2H3,(H3,16,18,19). The molecule has 1 aromatic carbocycles. The summed E-state index contributed by atoms with van der Waals surface area (Å²) in [5.74, 6) is 0.415. The molecule has 3 N–H and O–H groups in total. The second kappa shape index (κ2) is 6.00. The van der Waals surface area contributed by atoms with Gasteiger partial charge in [-0.1, -0.05) is 36.4 Å². The van der Waals surface area contributed by atoms with E-state index < -0.39 is 0 Å². The fourth-order valence-corrected chi connectivity index (χ4v) is 1.77. The highest BCUT2D eigenvalue weighted by molar-refractivity contribution is 5.84. The van der Waals surface area contributed by atoms with Crippen LogP contribution in [0.5, 0.6) is 0 Å². The largest absolute Gasteiger partial charge is 0.370 e. The van der Waals surface area contributed by atoms with Crippen molar-refractivity contribution in [3.63, 3.8) is 0 Å². The van der Waals surface area contributed by atoms with E-state index in [0.717, 1.165) is 22.0 Å². The highest BCUT2D eigenvalue weighted by Gasteiger charge is 2.01. The van der Waals surface area contributed by atoms with E-state index in [2.05, 4.69) is 27.9 Å². The zero-order valence-electron chi connectivity index (χ0n) is 11.1. The van der Waals surface area contributed by atoms with Gasteiger partial charge in [0.05, 0.1) is 12.2 Å². The van der Waals surface area contributed by atoms with Crippen molar-refractivity contribution in [3.8, 4) is 0 Å². The van der Waals surface area contributed by atoms with Crippen molar-refractivity contribution in [2.45, 2.75) is 13.5 Å². The van der Waals surface area contributed by atoms with Crippen molar-refractivity contribution in [2.24, 2.45) is 10.7 Å². The molecule has 0 aliphatic rings. The SMILES string of the molecule is C=C(C)CNC(N)=NCc1nccc2ccccc12. The van der Waals surface area contributed by atoms with E-state index >= 15 is 0 Å². The topological polar surface area (TPSA) is 63.3 Å². The minimum absolute atomic E-state index is 0.415. The van der Waals surface area contributed by atoms with E-state index in [4.69, 9.17) is 5.73 Å². The number of aliphatic imine (C=N–C) groups is 1. The highest BCUT2D eigenvalue weighted by Crippen LogP contribution is 2.16. The van der Waals surface area contributed by atoms with Gasteiger partial charge in [0.2, 0.25) is 0 Å². The predicted molar refractivity (Wildman–Crippen MR) is 79.9 cm³/mol. The normalized spacial score (nSPS) is 11.5. The third-order valence-corrected chi connectivity index (χ3v) is 2.73. The number of aromatic nitrogens is 1. The molecular formula is C15H18N4. The third kappa shape index (κ3) is 3.55. The lowest BCUT2D eigenvalue weighted by Crippen LogP contribution is -2.32. The van der Waals surface area contributed by atoms with Gasteiger partial charge in [0.1, 0.15) is 0 Å². The van der Waals surface area contributed by atoms with Crippen molar-refractivity contribution in [3.05, 3.63) is 54.4 Å². The van der Waals surface area contributed by atoms with Gasteiger partial charge in [-0.25, -0.2) is 4.99 Å². The molecule has 0 atom stereocenters. The summed E-state index contributed by atoms with van der Waals surface area (Å²) >= 11 is 0. The Morgan fingerprint density at radius 1 is 1.37 bits per heavy atom. The Morgan fingerprint density at radius 2 is 2.16 bits per heavy atom. The summed E-state index contributed by atoms with van der Waals surface area (Å²) in [4.78, 5) is 8.66. The number of nitrogens with one attached hydrogen (secondary N) is 1. The van der Waals surface area contributed by atoms with Crippen LogP contribution in [0.1, 0.15) is 12.6 Å². The first kappa shape index (κ1) is 13.1. The van der Waals surface area contributed by atoms with E-state index in [9.17, 15) is 0 Å². The van der Waals surface area contributed by atoms with Crippen molar-refractivity contribution in [1.82, 2.24) is 10.3 Å². The number of pyridine rings is 1. The second-order valence-corrected chi connectivity index (χ2v) is 4.49. The van der Waals surface area contributed by atoms with Gasteiger partial charge < -0.3 is 11.1 Å². The van der Waals surface area contributed by atoms with Gasteiger partial charge in [-0.3, -0.25) is 4.98 Å². The number of nitrogens with two attached hydrogens (primary N) is 1. The fraction of sp³-hybridized carbons (Fsp3) is 0.200. The van der Waals surface area contributed by atoms with Crippen LogP contribution in [-0.2, 0) is 6.54 Å². The molecule has 2 aromatic rings. The molecule has 98 valence electrons. The van der Waals surface area contributed by atoms with E-state index in [1.165, 1.54) is 0 Å². The minimum Gasteiger partial charge on any atom is -0.370 e. The van der Waals surface area contributed by atoms with Gasteiger partial charge in [-0.15, -0.1) is 0 Å². The minimum atomic E-state index is 0.415. The summed E-state index contributed by atoms with van der Waals surface area (Å²) in [6.45, 7) is 6.84. The van der Waals surface area contributed by atoms with Crippen molar-refractivity contribution >= 4 is 16.7 Å². The number of guanidine groups is 1.